The second-order valence-electron chi connectivity index (χ2n) is 7.02. The topological polar surface area (TPSA) is 53.0 Å². The van der Waals surface area contributed by atoms with E-state index in [0.717, 1.165) is 43.7 Å². The maximum absolute atomic E-state index is 12.9. The number of methoxy groups -OCH3 is 1. The van der Waals surface area contributed by atoms with Gasteiger partial charge in [-0.1, -0.05) is 25.0 Å². The van der Waals surface area contributed by atoms with E-state index >= 15 is 0 Å². The molecule has 3 rings (SSSR count). The maximum Gasteiger partial charge on any atom is 0.244 e. The Morgan fingerprint density at radius 1 is 1.25 bits per heavy atom. The van der Waals surface area contributed by atoms with Crippen LogP contribution in [0.3, 0.4) is 0 Å². The first kappa shape index (κ1) is 17.2. The summed E-state index contributed by atoms with van der Waals surface area (Å²) in [6.07, 6.45) is 4.85. The van der Waals surface area contributed by atoms with Gasteiger partial charge in [0.25, 0.3) is 0 Å². The van der Waals surface area contributed by atoms with Gasteiger partial charge in [-0.15, -0.1) is 0 Å². The zero-order valence-corrected chi connectivity index (χ0v) is 14.6. The molecule has 1 saturated carbocycles. The van der Waals surface area contributed by atoms with E-state index in [-0.39, 0.29) is 24.0 Å². The highest BCUT2D eigenvalue weighted by molar-refractivity contribution is 6.00. The van der Waals surface area contributed by atoms with Crippen molar-refractivity contribution in [1.82, 2.24) is 4.90 Å². The standard InChI is InChI=1S/C19H28N2O3/c1-20(13-14-7-3-5-9-17(14)22)16-11-12-21(19(16)23)15-8-4-6-10-18(15)24-2/h4,6,8,10,14,16-17,22H,3,5,7,9,11-13H2,1-2H3. The Bertz CT molecular complexity index is 577. The molecule has 0 aromatic heterocycles. The van der Waals surface area contributed by atoms with Crippen LogP contribution in [-0.4, -0.2) is 55.3 Å². The van der Waals surface area contributed by atoms with Crippen LogP contribution in [0.4, 0.5) is 5.69 Å². The van der Waals surface area contributed by atoms with E-state index < -0.39 is 0 Å². The van der Waals surface area contributed by atoms with E-state index in [1.165, 1.54) is 6.42 Å². The first-order valence-corrected chi connectivity index (χ1v) is 8.94. The number of carbonyl (C=O) groups excluding carboxylic acids is 1. The summed E-state index contributed by atoms with van der Waals surface area (Å²) in [6.45, 7) is 1.50. The lowest BCUT2D eigenvalue weighted by atomic mass is 9.86. The molecule has 2 fully saturated rings. The smallest absolute Gasteiger partial charge is 0.244 e. The van der Waals surface area contributed by atoms with Crippen molar-refractivity contribution in [3.05, 3.63) is 24.3 Å². The van der Waals surface area contributed by atoms with Crippen LogP contribution in [0.2, 0.25) is 0 Å². The van der Waals surface area contributed by atoms with Crippen LogP contribution in [0.1, 0.15) is 32.1 Å². The highest BCUT2D eigenvalue weighted by Crippen LogP contribution is 2.33. The fourth-order valence-electron chi connectivity index (χ4n) is 4.06. The molecule has 132 valence electrons. The second kappa shape index (κ2) is 7.53. The second-order valence-corrected chi connectivity index (χ2v) is 7.02. The summed E-state index contributed by atoms with van der Waals surface area (Å²) >= 11 is 0. The lowest BCUT2D eigenvalue weighted by molar-refractivity contribution is -0.121. The van der Waals surface area contributed by atoms with E-state index in [4.69, 9.17) is 4.74 Å². The van der Waals surface area contributed by atoms with Gasteiger partial charge in [0.2, 0.25) is 5.91 Å². The van der Waals surface area contributed by atoms with Crippen molar-refractivity contribution >= 4 is 11.6 Å². The summed E-state index contributed by atoms with van der Waals surface area (Å²) in [5, 5.41) is 10.2. The third-order valence-electron chi connectivity index (χ3n) is 5.48. The number of aliphatic hydroxyl groups is 1. The minimum Gasteiger partial charge on any atom is -0.495 e. The number of hydrogen-bond donors (Lipinski definition) is 1. The Balaban J connectivity index is 1.67. The number of aliphatic hydroxyl groups excluding tert-OH is 1. The molecule has 1 amide bonds. The Kier molecular flexibility index (Phi) is 5.41. The highest BCUT2D eigenvalue weighted by Gasteiger charge is 2.37. The van der Waals surface area contributed by atoms with Crippen molar-refractivity contribution in [3.63, 3.8) is 0 Å². The number of nitrogens with zero attached hydrogens (tertiary/aromatic N) is 2. The van der Waals surface area contributed by atoms with Gasteiger partial charge >= 0.3 is 0 Å². The Labute approximate surface area is 144 Å². The molecule has 1 N–H and O–H groups in total. The normalized spacial score (nSPS) is 27.8. The van der Waals surface area contributed by atoms with Gasteiger partial charge in [-0.05, 0) is 44.4 Å². The van der Waals surface area contributed by atoms with Crippen molar-refractivity contribution in [3.8, 4) is 5.75 Å². The molecule has 1 aromatic rings. The number of benzene rings is 1. The summed E-state index contributed by atoms with van der Waals surface area (Å²) in [7, 11) is 3.64. The molecule has 0 spiro atoms. The third-order valence-corrected chi connectivity index (χ3v) is 5.48. The van der Waals surface area contributed by atoms with Crippen LogP contribution in [-0.2, 0) is 4.79 Å². The molecule has 1 heterocycles. The van der Waals surface area contributed by atoms with Crippen LogP contribution in [0.15, 0.2) is 24.3 Å². The summed E-state index contributed by atoms with van der Waals surface area (Å²) in [6, 6.07) is 7.56. The Morgan fingerprint density at radius 2 is 2.00 bits per heavy atom. The molecule has 1 aliphatic carbocycles. The van der Waals surface area contributed by atoms with Gasteiger partial charge in [-0.25, -0.2) is 0 Å². The van der Waals surface area contributed by atoms with Crippen LogP contribution in [0.25, 0.3) is 0 Å². The summed E-state index contributed by atoms with van der Waals surface area (Å²) in [5.74, 6) is 1.15. The van der Waals surface area contributed by atoms with Gasteiger partial charge in [-0.3, -0.25) is 9.69 Å². The monoisotopic (exact) mass is 332 g/mol. The number of para-hydroxylation sites is 2. The van der Waals surface area contributed by atoms with Crippen LogP contribution in [0, 0.1) is 5.92 Å². The Morgan fingerprint density at radius 3 is 2.75 bits per heavy atom. The fourth-order valence-corrected chi connectivity index (χ4v) is 4.06. The zero-order chi connectivity index (χ0) is 17.1. The average molecular weight is 332 g/mol. The number of ether oxygens (including phenoxy) is 1. The van der Waals surface area contributed by atoms with Crippen molar-refractivity contribution < 1.29 is 14.6 Å². The first-order valence-electron chi connectivity index (χ1n) is 8.94. The van der Waals surface area contributed by atoms with Gasteiger partial charge < -0.3 is 14.7 Å². The van der Waals surface area contributed by atoms with Crippen molar-refractivity contribution in [1.29, 1.82) is 0 Å². The molecule has 1 aliphatic heterocycles. The molecular formula is C19H28N2O3. The third kappa shape index (κ3) is 3.42. The number of hydrogen-bond acceptors (Lipinski definition) is 4. The van der Waals surface area contributed by atoms with Crippen LogP contribution < -0.4 is 9.64 Å². The average Bonchev–Trinajstić information content (AvgIpc) is 2.98. The van der Waals surface area contributed by atoms with E-state index in [1.807, 2.05) is 36.2 Å². The lowest BCUT2D eigenvalue weighted by Crippen LogP contribution is -2.44. The number of amides is 1. The summed E-state index contributed by atoms with van der Waals surface area (Å²) < 4.78 is 5.40. The highest BCUT2D eigenvalue weighted by atomic mass is 16.5. The summed E-state index contributed by atoms with van der Waals surface area (Å²) in [5.41, 5.74) is 0.846. The zero-order valence-electron chi connectivity index (χ0n) is 14.6. The van der Waals surface area contributed by atoms with E-state index in [0.29, 0.717) is 6.54 Å². The number of likely N-dealkylation sites (N-methyl/N-ethyl adjacent to an activating group) is 1. The number of anilines is 1. The molecule has 0 bridgehead atoms. The molecule has 0 radical (unpaired) electrons. The minimum absolute atomic E-state index is 0.107. The van der Waals surface area contributed by atoms with Gasteiger partial charge in [0.05, 0.1) is 24.9 Å². The van der Waals surface area contributed by atoms with E-state index in [9.17, 15) is 9.90 Å². The summed E-state index contributed by atoms with van der Waals surface area (Å²) in [4.78, 5) is 16.9. The molecule has 3 unspecified atom stereocenters. The molecule has 5 heteroatoms. The molecule has 2 aliphatic rings. The molecule has 24 heavy (non-hydrogen) atoms. The van der Waals surface area contributed by atoms with Crippen molar-refractivity contribution in [2.24, 2.45) is 5.92 Å². The molecule has 1 saturated heterocycles. The maximum atomic E-state index is 12.9. The van der Waals surface area contributed by atoms with Crippen molar-refractivity contribution in [2.75, 3.05) is 32.1 Å². The fraction of sp³-hybridized carbons (Fsp3) is 0.632. The number of carbonyl (C=O) groups is 1. The lowest BCUT2D eigenvalue weighted by Gasteiger charge is -2.33. The van der Waals surface area contributed by atoms with Gasteiger partial charge in [0.1, 0.15) is 5.75 Å². The van der Waals surface area contributed by atoms with Gasteiger partial charge in [-0.2, -0.15) is 0 Å². The minimum atomic E-state index is -0.219. The van der Waals surface area contributed by atoms with Crippen LogP contribution in [0.5, 0.6) is 5.75 Å². The van der Waals surface area contributed by atoms with Crippen LogP contribution >= 0.6 is 0 Å². The first-order chi connectivity index (χ1) is 11.6. The quantitative estimate of drug-likeness (QED) is 0.899. The van der Waals surface area contributed by atoms with E-state index in [2.05, 4.69) is 4.90 Å². The van der Waals surface area contributed by atoms with E-state index in [1.54, 1.807) is 7.11 Å². The Hall–Kier alpha value is -1.59. The SMILES string of the molecule is COc1ccccc1N1CCC(N(C)CC2CCCCC2O)C1=O. The molecule has 1 aromatic carbocycles. The van der Waals surface area contributed by atoms with Gasteiger partial charge in [0, 0.05) is 13.1 Å². The molecular weight excluding hydrogens is 304 g/mol. The predicted molar refractivity (Wildman–Crippen MR) is 94.3 cm³/mol. The van der Waals surface area contributed by atoms with Gasteiger partial charge in [0.15, 0.2) is 0 Å². The molecule has 5 nitrogen and oxygen atoms in total. The number of rotatable bonds is 5. The largest absolute Gasteiger partial charge is 0.495 e. The molecule has 3 atom stereocenters. The predicted octanol–water partition coefficient (Wildman–Crippen LogP) is 2.28. The van der Waals surface area contributed by atoms with Crippen molar-refractivity contribution in [2.45, 2.75) is 44.2 Å².